The highest BCUT2D eigenvalue weighted by atomic mass is 32.2. The van der Waals surface area contributed by atoms with Crippen molar-refractivity contribution in [1.29, 1.82) is 0 Å². The number of rotatable bonds is 5. The van der Waals surface area contributed by atoms with Crippen molar-refractivity contribution in [3.63, 3.8) is 0 Å². The highest BCUT2D eigenvalue weighted by molar-refractivity contribution is 8.01. The van der Waals surface area contributed by atoms with Gasteiger partial charge in [0.1, 0.15) is 17.3 Å². The largest absolute Gasteiger partial charge is 0.497 e. The minimum atomic E-state index is -0.211. The van der Waals surface area contributed by atoms with Gasteiger partial charge in [0.05, 0.1) is 13.2 Å². The molecule has 29 heavy (non-hydrogen) atoms. The fraction of sp³-hybridized carbons (Fsp3) is 0.350. The number of thiophene rings is 1. The van der Waals surface area contributed by atoms with Crippen LogP contribution in [0.2, 0.25) is 0 Å². The van der Waals surface area contributed by atoms with Crippen LogP contribution in [-0.4, -0.2) is 64.1 Å². The smallest absolute Gasteiger partial charge is 0.264 e. The zero-order valence-corrected chi connectivity index (χ0v) is 17.6. The predicted octanol–water partition coefficient (Wildman–Crippen LogP) is 3.03. The van der Waals surface area contributed by atoms with Crippen molar-refractivity contribution < 1.29 is 9.53 Å². The van der Waals surface area contributed by atoms with E-state index in [0.717, 1.165) is 31.9 Å². The fourth-order valence-electron chi connectivity index (χ4n) is 3.98. The molecular weight excluding hydrogens is 406 g/mol. The molecule has 0 aliphatic carbocycles. The second kappa shape index (κ2) is 7.81. The van der Waals surface area contributed by atoms with E-state index in [1.807, 2.05) is 12.1 Å². The summed E-state index contributed by atoms with van der Waals surface area (Å²) in [5, 5.41) is 6.67. The molecule has 150 valence electrons. The first-order chi connectivity index (χ1) is 14.2. The Morgan fingerprint density at radius 3 is 2.59 bits per heavy atom. The van der Waals surface area contributed by atoms with E-state index in [9.17, 15) is 4.79 Å². The first-order valence-corrected chi connectivity index (χ1v) is 11.3. The third kappa shape index (κ3) is 3.43. The van der Waals surface area contributed by atoms with Gasteiger partial charge in [0.2, 0.25) is 0 Å². The van der Waals surface area contributed by atoms with Crippen molar-refractivity contribution in [3.05, 3.63) is 53.0 Å². The SMILES string of the molecule is COc1ccc(N2CCN(C(c3cccs3)C3Sc4ncnn4C3=O)CC2)cc1. The quantitative estimate of drug-likeness (QED) is 0.620. The average molecular weight is 428 g/mol. The van der Waals surface area contributed by atoms with Gasteiger partial charge in [-0.3, -0.25) is 9.69 Å². The zero-order chi connectivity index (χ0) is 19.8. The van der Waals surface area contributed by atoms with E-state index in [1.54, 1.807) is 18.4 Å². The van der Waals surface area contributed by atoms with Gasteiger partial charge in [0.15, 0.2) is 5.16 Å². The third-order valence-corrected chi connectivity index (χ3v) is 7.61. The molecule has 2 atom stereocenters. The van der Waals surface area contributed by atoms with Crippen molar-refractivity contribution in [2.45, 2.75) is 16.4 Å². The van der Waals surface area contributed by atoms with E-state index >= 15 is 0 Å². The van der Waals surface area contributed by atoms with E-state index in [2.05, 4.69) is 49.5 Å². The van der Waals surface area contributed by atoms with Gasteiger partial charge in [-0.25, -0.2) is 4.98 Å². The molecule has 9 heteroatoms. The number of carbonyl (C=O) groups excluding carboxylic acids is 1. The topological polar surface area (TPSA) is 63.5 Å². The second-order valence-corrected chi connectivity index (χ2v) is 9.10. The minimum Gasteiger partial charge on any atom is -0.497 e. The molecular formula is C20H21N5O2S2. The number of fused-ring (bicyclic) bond motifs is 1. The van der Waals surface area contributed by atoms with Gasteiger partial charge < -0.3 is 9.64 Å². The van der Waals surface area contributed by atoms with Crippen LogP contribution in [-0.2, 0) is 0 Å². The van der Waals surface area contributed by atoms with Gasteiger partial charge in [0.25, 0.3) is 5.91 Å². The van der Waals surface area contributed by atoms with Crippen molar-refractivity contribution in [2.75, 3.05) is 38.2 Å². The van der Waals surface area contributed by atoms with Gasteiger partial charge in [-0.15, -0.1) is 11.3 Å². The molecule has 4 heterocycles. The molecule has 2 aliphatic heterocycles. The van der Waals surface area contributed by atoms with Crippen LogP contribution in [0.4, 0.5) is 5.69 Å². The molecule has 1 fully saturated rings. The molecule has 5 rings (SSSR count). The van der Waals surface area contributed by atoms with Gasteiger partial charge in [-0.05, 0) is 35.7 Å². The molecule has 0 spiro atoms. The number of ether oxygens (including phenoxy) is 1. The van der Waals surface area contributed by atoms with Crippen LogP contribution in [0.5, 0.6) is 5.75 Å². The molecule has 2 aliphatic rings. The highest BCUT2D eigenvalue weighted by Crippen LogP contribution is 2.42. The summed E-state index contributed by atoms with van der Waals surface area (Å²) in [5.74, 6) is 0.895. The lowest BCUT2D eigenvalue weighted by Crippen LogP contribution is -2.50. The number of carbonyl (C=O) groups is 1. The van der Waals surface area contributed by atoms with Crippen LogP contribution in [0.15, 0.2) is 53.3 Å². The fourth-order valence-corrected chi connectivity index (χ4v) is 6.18. The highest BCUT2D eigenvalue weighted by Gasteiger charge is 2.43. The summed E-state index contributed by atoms with van der Waals surface area (Å²) >= 11 is 3.24. The lowest BCUT2D eigenvalue weighted by molar-refractivity contribution is 0.0832. The molecule has 2 aromatic heterocycles. The van der Waals surface area contributed by atoms with Crippen molar-refractivity contribution >= 4 is 34.7 Å². The van der Waals surface area contributed by atoms with Crippen molar-refractivity contribution in [2.24, 2.45) is 0 Å². The lowest BCUT2D eigenvalue weighted by Gasteiger charge is -2.41. The maximum atomic E-state index is 13.0. The van der Waals surface area contributed by atoms with Crippen LogP contribution < -0.4 is 9.64 Å². The maximum Gasteiger partial charge on any atom is 0.264 e. The molecule has 1 saturated heterocycles. The predicted molar refractivity (Wildman–Crippen MR) is 114 cm³/mol. The monoisotopic (exact) mass is 427 g/mol. The Kier molecular flexibility index (Phi) is 5.03. The number of piperazine rings is 1. The standard InChI is InChI=1S/C20H21N5O2S2/c1-27-15-6-4-14(5-7-15)23-8-10-24(11-9-23)17(16-3-2-12-28-16)18-19(26)25-20(29-18)21-13-22-25/h2-7,12-13,17-18H,8-11H2,1H3. The molecule has 0 bridgehead atoms. The zero-order valence-electron chi connectivity index (χ0n) is 16.0. The van der Waals surface area contributed by atoms with E-state index < -0.39 is 0 Å². The van der Waals surface area contributed by atoms with Crippen LogP contribution in [0.25, 0.3) is 0 Å². The molecule has 0 saturated carbocycles. The number of benzene rings is 1. The van der Waals surface area contributed by atoms with E-state index in [4.69, 9.17) is 4.74 Å². The number of hydrogen-bond donors (Lipinski definition) is 0. The molecule has 3 aromatic rings. The number of anilines is 1. The summed E-state index contributed by atoms with van der Waals surface area (Å²) in [4.78, 5) is 23.3. The van der Waals surface area contributed by atoms with Gasteiger partial charge >= 0.3 is 0 Å². The molecule has 0 radical (unpaired) electrons. The molecule has 2 unspecified atom stereocenters. The summed E-state index contributed by atoms with van der Waals surface area (Å²) < 4.78 is 6.71. The van der Waals surface area contributed by atoms with Crippen molar-refractivity contribution in [3.8, 4) is 5.75 Å². The van der Waals surface area contributed by atoms with Gasteiger partial charge in [-0.1, -0.05) is 17.8 Å². The Balaban J connectivity index is 1.33. The average Bonchev–Trinajstić information content (AvgIpc) is 3.50. The van der Waals surface area contributed by atoms with Crippen LogP contribution >= 0.6 is 23.1 Å². The van der Waals surface area contributed by atoms with Crippen LogP contribution in [0.3, 0.4) is 0 Å². The maximum absolute atomic E-state index is 13.0. The Labute approximate surface area is 177 Å². The van der Waals surface area contributed by atoms with Gasteiger partial charge in [0, 0.05) is 36.7 Å². The number of thioether (sulfide) groups is 1. The number of methoxy groups -OCH3 is 1. The normalized spacial score (nSPS) is 20.7. The van der Waals surface area contributed by atoms with Crippen molar-refractivity contribution in [1.82, 2.24) is 19.7 Å². The minimum absolute atomic E-state index is 0.0264. The number of nitrogens with zero attached hydrogens (tertiary/aromatic N) is 5. The van der Waals surface area contributed by atoms with E-state index in [1.165, 1.54) is 33.3 Å². The van der Waals surface area contributed by atoms with Crippen LogP contribution in [0.1, 0.15) is 15.7 Å². The molecule has 0 N–H and O–H groups in total. The third-order valence-electron chi connectivity index (χ3n) is 5.47. The molecule has 1 aromatic carbocycles. The summed E-state index contributed by atoms with van der Waals surface area (Å²) in [6.07, 6.45) is 1.45. The Morgan fingerprint density at radius 1 is 1.14 bits per heavy atom. The lowest BCUT2D eigenvalue weighted by atomic mass is 10.1. The van der Waals surface area contributed by atoms with Gasteiger partial charge in [-0.2, -0.15) is 9.78 Å². The Hall–Kier alpha value is -2.36. The Bertz CT molecular complexity index is 981. The number of hydrogen-bond acceptors (Lipinski definition) is 8. The first kappa shape index (κ1) is 18.7. The first-order valence-electron chi connectivity index (χ1n) is 9.52. The summed E-state index contributed by atoms with van der Waals surface area (Å²) in [6, 6.07) is 12.4. The summed E-state index contributed by atoms with van der Waals surface area (Å²) in [5.41, 5.74) is 1.20. The molecule has 7 nitrogen and oxygen atoms in total. The van der Waals surface area contributed by atoms with E-state index in [-0.39, 0.29) is 17.2 Å². The number of aromatic nitrogens is 3. The summed E-state index contributed by atoms with van der Waals surface area (Å²) in [6.45, 7) is 3.63. The molecule has 0 amide bonds. The Morgan fingerprint density at radius 2 is 1.93 bits per heavy atom. The van der Waals surface area contributed by atoms with Crippen LogP contribution in [0, 0.1) is 0 Å². The summed E-state index contributed by atoms with van der Waals surface area (Å²) in [7, 11) is 1.68. The van der Waals surface area contributed by atoms with E-state index in [0.29, 0.717) is 5.16 Å². The second-order valence-electron chi connectivity index (χ2n) is 7.01.